The summed E-state index contributed by atoms with van der Waals surface area (Å²) in [6.07, 6.45) is 6.29. The van der Waals surface area contributed by atoms with Gasteiger partial charge in [0.15, 0.2) is 0 Å². The Labute approximate surface area is 230 Å². The third-order valence-corrected chi connectivity index (χ3v) is 8.10. The SMILES string of the molecule is O=CN1CCN(C(=O)C[C@@H]2CCN3C[C@@H]2C=CCOc2ccccc2CN(Cc2ccccc2)CC3=O)CC1. The Morgan fingerprint density at radius 3 is 2.51 bits per heavy atom. The van der Waals surface area contributed by atoms with Crippen LogP contribution in [0.3, 0.4) is 0 Å². The normalized spacial score (nSPS) is 22.7. The van der Waals surface area contributed by atoms with E-state index in [2.05, 4.69) is 29.2 Å². The summed E-state index contributed by atoms with van der Waals surface area (Å²) in [5, 5.41) is 0. The van der Waals surface area contributed by atoms with Crippen LogP contribution in [0.25, 0.3) is 0 Å². The summed E-state index contributed by atoms with van der Waals surface area (Å²) in [5.74, 6) is 1.35. The molecule has 8 nitrogen and oxygen atoms in total. The fourth-order valence-corrected chi connectivity index (χ4v) is 5.84. The van der Waals surface area contributed by atoms with Gasteiger partial charge in [0.25, 0.3) is 0 Å². The molecule has 206 valence electrons. The molecule has 0 N–H and O–H groups in total. The number of fused-ring (bicyclic) bond motifs is 3. The van der Waals surface area contributed by atoms with Crippen LogP contribution in [0, 0.1) is 11.8 Å². The molecule has 3 aliphatic heterocycles. The topological polar surface area (TPSA) is 73.4 Å². The zero-order valence-electron chi connectivity index (χ0n) is 22.5. The van der Waals surface area contributed by atoms with Crippen molar-refractivity contribution in [1.29, 1.82) is 0 Å². The maximum absolute atomic E-state index is 13.6. The number of piperazine rings is 1. The van der Waals surface area contributed by atoms with Crippen LogP contribution in [0.4, 0.5) is 0 Å². The summed E-state index contributed by atoms with van der Waals surface area (Å²) in [5.41, 5.74) is 2.23. The van der Waals surface area contributed by atoms with Gasteiger partial charge in [0, 0.05) is 64.3 Å². The zero-order valence-corrected chi connectivity index (χ0v) is 22.5. The number of para-hydroxylation sites is 1. The van der Waals surface area contributed by atoms with E-state index in [0.29, 0.717) is 71.9 Å². The number of hydrogen-bond acceptors (Lipinski definition) is 5. The molecule has 2 fully saturated rings. The number of benzene rings is 2. The molecule has 8 heteroatoms. The highest BCUT2D eigenvalue weighted by Crippen LogP contribution is 2.30. The number of carbonyl (C=O) groups excluding carboxylic acids is 3. The van der Waals surface area contributed by atoms with Gasteiger partial charge in [-0.15, -0.1) is 0 Å². The van der Waals surface area contributed by atoms with Gasteiger partial charge in [-0.05, 0) is 29.9 Å². The van der Waals surface area contributed by atoms with E-state index in [9.17, 15) is 14.4 Å². The van der Waals surface area contributed by atoms with Gasteiger partial charge in [0.05, 0.1) is 6.54 Å². The molecule has 0 spiro atoms. The molecule has 0 unspecified atom stereocenters. The molecule has 0 saturated carbocycles. The Balaban J connectivity index is 1.31. The zero-order chi connectivity index (χ0) is 27.0. The molecule has 5 rings (SSSR count). The molecule has 2 aromatic rings. The molecular weight excluding hydrogens is 492 g/mol. The molecule has 2 saturated heterocycles. The first-order valence-electron chi connectivity index (χ1n) is 14.0. The van der Waals surface area contributed by atoms with Crippen molar-refractivity contribution < 1.29 is 19.1 Å². The predicted molar refractivity (Wildman–Crippen MR) is 149 cm³/mol. The lowest BCUT2D eigenvalue weighted by Gasteiger charge is -2.39. The van der Waals surface area contributed by atoms with Crippen molar-refractivity contribution in [3.05, 3.63) is 77.9 Å². The Hall–Kier alpha value is -3.65. The molecule has 2 aromatic carbocycles. The summed E-state index contributed by atoms with van der Waals surface area (Å²) in [7, 11) is 0. The lowest BCUT2D eigenvalue weighted by molar-refractivity contribution is -0.138. The average Bonchev–Trinajstić information content (AvgIpc) is 2.97. The summed E-state index contributed by atoms with van der Waals surface area (Å²) in [4.78, 5) is 45.5. The van der Waals surface area contributed by atoms with Gasteiger partial charge in [0.2, 0.25) is 18.2 Å². The summed E-state index contributed by atoms with van der Waals surface area (Å²) >= 11 is 0. The lowest BCUT2D eigenvalue weighted by Crippen LogP contribution is -2.50. The van der Waals surface area contributed by atoms with Crippen molar-refractivity contribution in [1.82, 2.24) is 19.6 Å². The predicted octanol–water partition coefficient (Wildman–Crippen LogP) is 2.79. The van der Waals surface area contributed by atoms with Crippen LogP contribution in [0.5, 0.6) is 5.75 Å². The number of hydrogen-bond donors (Lipinski definition) is 0. The highest BCUT2D eigenvalue weighted by Gasteiger charge is 2.33. The van der Waals surface area contributed by atoms with Crippen LogP contribution in [-0.4, -0.2) is 90.2 Å². The van der Waals surface area contributed by atoms with E-state index in [4.69, 9.17) is 4.74 Å². The first-order chi connectivity index (χ1) is 19.1. The summed E-state index contributed by atoms with van der Waals surface area (Å²) in [6.45, 7) is 5.66. The molecule has 2 bridgehead atoms. The Bertz CT molecular complexity index is 1160. The molecule has 3 amide bonds. The van der Waals surface area contributed by atoms with E-state index in [1.165, 1.54) is 5.56 Å². The monoisotopic (exact) mass is 530 g/mol. The van der Waals surface area contributed by atoms with E-state index in [1.807, 2.05) is 52.3 Å². The third-order valence-electron chi connectivity index (χ3n) is 8.10. The van der Waals surface area contributed by atoms with E-state index in [0.717, 1.165) is 24.1 Å². The number of ether oxygens (including phenoxy) is 1. The van der Waals surface area contributed by atoms with Gasteiger partial charge >= 0.3 is 0 Å². The number of piperidine rings is 1. The van der Waals surface area contributed by atoms with Crippen LogP contribution < -0.4 is 4.74 Å². The second kappa shape index (κ2) is 12.9. The fraction of sp³-hybridized carbons (Fsp3) is 0.452. The Morgan fingerprint density at radius 1 is 0.949 bits per heavy atom. The van der Waals surface area contributed by atoms with Crippen LogP contribution in [0.1, 0.15) is 24.0 Å². The lowest BCUT2D eigenvalue weighted by atomic mass is 9.82. The number of carbonyl (C=O) groups is 3. The molecule has 2 atom stereocenters. The van der Waals surface area contributed by atoms with Crippen LogP contribution in [-0.2, 0) is 27.5 Å². The number of amides is 3. The molecule has 0 aliphatic carbocycles. The maximum atomic E-state index is 13.6. The maximum Gasteiger partial charge on any atom is 0.236 e. The largest absolute Gasteiger partial charge is 0.489 e. The second-order valence-electron chi connectivity index (χ2n) is 10.8. The minimum atomic E-state index is 0.0880. The smallest absolute Gasteiger partial charge is 0.236 e. The quantitative estimate of drug-likeness (QED) is 0.439. The summed E-state index contributed by atoms with van der Waals surface area (Å²) < 4.78 is 6.18. The van der Waals surface area contributed by atoms with Crippen LogP contribution in [0.2, 0.25) is 0 Å². The molecule has 3 aliphatic rings. The second-order valence-corrected chi connectivity index (χ2v) is 10.8. The molecule has 3 heterocycles. The average molecular weight is 531 g/mol. The van der Waals surface area contributed by atoms with Crippen molar-refractivity contribution in [2.75, 3.05) is 52.4 Å². The van der Waals surface area contributed by atoms with Crippen LogP contribution in [0.15, 0.2) is 66.7 Å². The van der Waals surface area contributed by atoms with Gasteiger partial charge in [-0.2, -0.15) is 0 Å². The van der Waals surface area contributed by atoms with Crippen molar-refractivity contribution in [2.45, 2.75) is 25.9 Å². The molecule has 39 heavy (non-hydrogen) atoms. The van der Waals surface area contributed by atoms with Gasteiger partial charge in [-0.3, -0.25) is 19.3 Å². The number of nitrogens with zero attached hydrogens (tertiary/aromatic N) is 4. The van der Waals surface area contributed by atoms with Gasteiger partial charge < -0.3 is 19.4 Å². The van der Waals surface area contributed by atoms with Crippen molar-refractivity contribution >= 4 is 18.2 Å². The van der Waals surface area contributed by atoms with Crippen LogP contribution >= 0.6 is 0 Å². The molecule has 0 aromatic heterocycles. The first-order valence-corrected chi connectivity index (χ1v) is 14.0. The Kier molecular flexibility index (Phi) is 8.93. The molecule has 0 radical (unpaired) electrons. The highest BCUT2D eigenvalue weighted by atomic mass is 16.5. The van der Waals surface area contributed by atoms with E-state index < -0.39 is 0 Å². The summed E-state index contributed by atoms with van der Waals surface area (Å²) in [6, 6.07) is 18.3. The molecular formula is C31H38N4O4. The standard InChI is InChI=1S/C31H38N4O4/c36-24-32-14-16-34(17-15-32)30(37)19-26-12-13-35-22-27(26)10-6-18-39-29-11-5-4-9-28(29)21-33(23-31(35)38)20-25-7-2-1-3-8-25/h1-11,24,26-27H,12-23H2/t26-,27-/m0/s1. The van der Waals surface area contributed by atoms with E-state index in [-0.39, 0.29) is 23.7 Å². The first kappa shape index (κ1) is 26.9. The Morgan fingerprint density at radius 2 is 1.72 bits per heavy atom. The number of rotatable bonds is 5. The van der Waals surface area contributed by atoms with Gasteiger partial charge in [0.1, 0.15) is 12.4 Å². The van der Waals surface area contributed by atoms with E-state index >= 15 is 0 Å². The third kappa shape index (κ3) is 7.06. The van der Waals surface area contributed by atoms with Gasteiger partial charge in [-0.1, -0.05) is 60.7 Å². The van der Waals surface area contributed by atoms with Crippen molar-refractivity contribution in [3.8, 4) is 5.75 Å². The fourth-order valence-electron chi connectivity index (χ4n) is 5.84. The van der Waals surface area contributed by atoms with Crippen molar-refractivity contribution in [2.24, 2.45) is 11.8 Å². The minimum absolute atomic E-state index is 0.0880. The van der Waals surface area contributed by atoms with E-state index in [1.54, 1.807) is 4.90 Å². The highest BCUT2D eigenvalue weighted by molar-refractivity contribution is 5.79. The van der Waals surface area contributed by atoms with Crippen molar-refractivity contribution in [3.63, 3.8) is 0 Å². The van der Waals surface area contributed by atoms with Gasteiger partial charge in [-0.25, -0.2) is 0 Å². The minimum Gasteiger partial charge on any atom is -0.489 e.